The van der Waals surface area contributed by atoms with E-state index in [1.165, 1.54) is 0 Å². The zero-order chi connectivity index (χ0) is 21.6. The zero-order valence-corrected chi connectivity index (χ0v) is 18.2. The lowest BCUT2D eigenvalue weighted by molar-refractivity contribution is -0.151. The van der Waals surface area contributed by atoms with Crippen LogP contribution in [-0.4, -0.2) is 36.5 Å². The van der Waals surface area contributed by atoms with E-state index in [4.69, 9.17) is 4.74 Å². The number of esters is 1. The Bertz CT molecular complexity index is 713. The zero-order valence-electron chi connectivity index (χ0n) is 18.2. The first-order valence-corrected chi connectivity index (χ1v) is 10.5. The van der Waals surface area contributed by atoms with Crippen LogP contribution in [0.15, 0.2) is 24.3 Å². The van der Waals surface area contributed by atoms with Gasteiger partial charge in [-0.15, -0.1) is 0 Å². The van der Waals surface area contributed by atoms with Crippen LogP contribution in [0, 0.1) is 5.92 Å². The molecule has 2 amide bonds. The van der Waals surface area contributed by atoms with Crippen LogP contribution in [-0.2, 0) is 19.7 Å². The first-order chi connectivity index (χ1) is 13.6. The Morgan fingerprint density at radius 3 is 2.17 bits per heavy atom. The summed E-state index contributed by atoms with van der Waals surface area (Å²) < 4.78 is 5.17. The van der Waals surface area contributed by atoms with Crippen molar-refractivity contribution in [1.82, 2.24) is 10.6 Å². The molecule has 1 atom stereocenters. The van der Waals surface area contributed by atoms with Crippen LogP contribution in [0.2, 0.25) is 0 Å². The molecule has 0 aliphatic heterocycles. The Labute approximate surface area is 173 Å². The summed E-state index contributed by atoms with van der Waals surface area (Å²) in [5.41, 5.74) is 1.61. The Kier molecular flexibility index (Phi) is 7.82. The predicted octanol–water partition coefficient (Wildman–Crippen LogP) is 3.34. The average molecular weight is 403 g/mol. The van der Waals surface area contributed by atoms with Gasteiger partial charge in [0, 0.05) is 11.6 Å². The van der Waals surface area contributed by atoms with Crippen molar-refractivity contribution >= 4 is 17.8 Å². The Morgan fingerprint density at radius 2 is 1.66 bits per heavy atom. The molecule has 160 valence electrons. The quantitative estimate of drug-likeness (QED) is 0.685. The number of carbonyl (C=O) groups is 3. The highest BCUT2D eigenvalue weighted by Crippen LogP contribution is 2.22. The highest BCUT2D eigenvalue weighted by atomic mass is 16.5. The van der Waals surface area contributed by atoms with E-state index >= 15 is 0 Å². The second kappa shape index (κ2) is 9.90. The first kappa shape index (κ1) is 22.9. The molecule has 6 heteroatoms. The van der Waals surface area contributed by atoms with Crippen molar-refractivity contribution in [2.24, 2.45) is 5.92 Å². The monoisotopic (exact) mass is 402 g/mol. The smallest absolute Gasteiger partial charge is 0.329 e. The summed E-state index contributed by atoms with van der Waals surface area (Å²) in [6, 6.07) is 6.72. The summed E-state index contributed by atoms with van der Waals surface area (Å²) in [6.07, 6.45) is 4.17. The van der Waals surface area contributed by atoms with Crippen LogP contribution in [0.5, 0.6) is 0 Å². The van der Waals surface area contributed by atoms with Crippen molar-refractivity contribution in [1.29, 1.82) is 0 Å². The maximum atomic E-state index is 12.6. The minimum Gasteiger partial charge on any atom is -0.454 e. The van der Waals surface area contributed by atoms with E-state index in [2.05, 4.69) is 31.4 Å². The molecule has 0 saturated heterocycles. The van der Waals surface area contributed by atoms with Gasteiger partial charge in [0.25, 0.3) is 11.8 Å². The SMILES string of the molecule is CC(C)[C@H](NC(=O)c1ccc(C(C)(C)C)cc1)C(=O)OCC(=O)NC1CCCC1. The Morgan fingerprint density at radius 1 is 1.07 bits per heavy atom. The van der Waals surface area contributed by atoms with Crippen LogP contribution < -0.4 is 10.6 Å². The average Bonchev–Trinajstić information content (AvgIpc) is 3.16. The molecular weight excluding hydrogens is 368 g/mol. The van der Waals surface area contributed by atoms with E-state index in [9.17, 15) is 14.4 Å². The highest BCUT2D eigenvalue weighted by Gasteiger charge is 2.27. The summed E-state index contributed by atoms with van der Waals surface area (Å²) in [6.45, 7) is 9.65. The largest absolute Gasteiger partial charge is 0.454 e. The van der Waals surface area contributed by atoms with Crippen molar-refractivity contribution in [2.75, 3.05) is 6.61 Å². The molecule has 0 spiro atoms. The van der Waals surface area contributed by atoms with Gasteiger partial charge < -0.3 is 15.4 Å². The summed E-state index contributed by atoms with van der Waals surface area (Å²) in [5.74, 6) is -1.40. The minimum absolute atomic E-state index is 0.00164. The van der Waals surface area contributed by atoms with Gasteiger partial charge in [-0.25, -0.2) is 4.79 Å². The molecule has 2 N–H and O–H groups in total. The second-order valence-corrected chi connectivity index (χ2v) is 9.18. The summed E-state index contributed by atoms with van der Waals surface area (Å²) in [5, 5.41) is 5.63. The summed E-state index contributed by atoms with van der Waals surface area (Å²) in [7, 11) is 0. The molecule has 0 heterocycles. The molecule has 1 aliphatic carbocycles. The summed E-state index contributed by atoms with van der Waals surface area (Å²) in [4.78, 5) is 37.0. The van der Waals surface area contributed by atoms with E-state index in [1.807, 2.05) is 26.0 Å². The number of carbonyl (C=O) groups excluding carboxylic acids is 3. The van der Waals surface area contributed by atoms with Crippen LogP contribution in [0.3, 0.4) is 0 Å². The van der Waals surface area contributed by atoms with Crippen LogP contribution in [0.1, 0.15) is 76.2 Å². The highest BCUT2D eigenvalue weighted by molar-refractivity contribution is 5.97. The molecule has 1 aliphatic rings. The molecule has 1 fully saturated rings. The van der Waals surface area contributed by atoms with Gasteiger partial charge in [0.05, 0.1) is 0 Å². The molecule has 6 nitrogen and oxygen atoms in total. The van der Waals surface area contributed by atoms with Gasteiger partial charge in [-0.1, -0.05) is 59.6 Å². The lowest BCUT2D eigenvalue weighted by Crippen LogP contribution is -2.46. The lowest BCUT2D eigenvalue weighted by atomic mass is 9.86. The molecule has 0 bridgehead atoms. The maximum absolute atomic E-state index is 12.6. The second-order valence-electron chi connectivity index (χ2n) is 9.18. The van der Waals surface area contributed by atoms with Gasteiger partial charge in [0.1, 0.15) is 6.04 Å². The van der Waals surface area contributed by atoms with E-state index in [0.717, 1.165) is 31.2 Å². The van der Waals surface area contributed by atoms with E-state index < -0.39 is 12.0 Å². The van der Waals surface area contributed by atoms with Gasteiger partial charge >= 0.3 is 5.97 Å². The van der Waals surface area contributed by atoms with Crippen molar-refractivity contribution in [3.05, 3.63) is 35.4 Å². The van der Waals surface area contributed by atoms with E-state index in [1.54, 1.807) is 12.1 Å². The molecule has 1 aromatic rings. The first-order valence-electron chi connectivity index (χ1n) is 10.5. The van der Waals surface area contributed by atoms with Crippen molar-refractivity contribution in [2.45, 2.75) is 77.8 Å². The fourth-order valence-corrected chi connectivity index (χ4v) is 3.41. The maximum Gasteiger partial charge on any atom is 0.329 e. The minimum atomic E-state index is -0.816. The van der Waals surface area contributed by atoms with Gasteiger partial charge in [-0.2, -0.15) is 0 Å². The Hall–Kier alpha value is -2.37. The number of hydrogen-bond donors (Lipinski definition) is 2. The molecular formula is C23H34N2O4. The van der Waals surface area contributed by atoms with Crippen LogP contribution in [0.4, 0.5) is 0 Å². The van der Waals surface area contributed by atoms with Crippen LogP contribution in [0.25, 0.3) is 0 Å². The summed E-state index contributed by atoms with van der Waals surface area (Å²) >= 11 is 0. The number of ether oxygens (including phenoxy) is 1. The fourth-order valence-electron chi connectivity index (χ4n) is 3.41. The fraction of sp³-hybridized carbons (Fsp3) is 0.609. The van der Waals surface area contributed by atoms with Gasteiger partial charge in [0.15, 0.2) is 6.61 Å². The molecule has 1 aromatic carbocycles. The number of benzene rings is 1. The van der Waals surface area contributed by atoms with E-state index in [-0.39, 0.29) is 35.8 Å². The topological polar surface area (TPSA) is 84.5 Å². The molecule has 29 heavy (non-hydrogen) atoms. The molecule has 0 unspecified atom stereocenters. The molecule has 2 rings (SSSR count). The standard InChI is InChI=1S/C23H34N2O4/c1-15(2)20(22(28)29-14-19(26)24-18-8-6-7-9-18)25-21(27)16-10-12-17(13-11-16)23(3,4)5/h10-13,15,18,20H,6-9,14H2,1-5H3,(H,24,26)(H,25,27)/t20-/m0/s1. The number of nitrogens with one attached hydrogen (secondary N) is 2. The van der Waals surface area contributed by atoms with E-state index in [0.29, 0.717) is 5.56 Å². The number of rotatable bonds is 7. The third-order valence-corrected chi connectivity index (χ3v) is 5.29. The van der Waals surface area contributed by atoms with Crippen molar-refractivity contribution in [3.8, 4) is 0 Å². The molecule has 0 radical (unpaired) electrons. The van der Waals surface area contributed by atoms with Crippen molar-refractivity contribution in [3.63, 3.8) is 0 Å². The predicted molar refractivity (Wildman–Crippen MR) is 113 cm³/mol. The van der Waals surface area contributed by atoms with Gasteiger partial charge in [-0.3, -0.25) is 9.59 Å². The number of amides is 2. The van der Waals surface area contributed by atoms with Gasteiger partial charge in [-0.05, 0) is 41.9 Å². The van der Waals surface area contributed by atoms with Crippen molar-refractivity contribution < 1.29 is 19.1 Å². The normalized spacial score (nSPS) is 15.8. The number of hydrogen-bond acceptors (Lipinski definition) is 4. The van der Waals surface area contributed by atoms with Gasteiger partial charge in [0.2, 0.25) is 0 Å². The molecule has 0 aromatic heterocycles. The van der Waals surface area contributed by atoms with Crippen LogP contribution >= 0.6 is 0 Å². The Balaban J connectivity index is 1.91. The lowest BCUT2D eigenvalue weighted by Gasteiger charge is -2.22. The third kappa shape index (κ3) is 6.87. The molecule has 1 saturated carbocycles. The third-order valence-electron chi connectivity index (χ3n) is 5.29.